The number of anilines is 2. The van der Waals surface area contributed by atoms with Gasteiger partial charge in [0.25, 0.3) is 0 Å². The maximum absolute atomic E-state index is 5.69. The van der Waals surface area contributed by atoms with Crippen molar-refractivity contribution in [1.82, 2.24) is 9.97 Å². The first-order valence-corrected chi connectivity index (χ1v) is 5.61. The van der Waals surface area contributed by atoms with E-state index >= 15 is 0 Å². The number of nitrogens with one attached hydrogen (secondary N) is 1. The van der Waals surface area contributed by atoms with Crippen LogP contribution in [0.25, 0.3) is 0 Å². The van der Waals surface area contributed by atoms with Gasteiger partial charge < -0.3 is 11.1 Å². The monoisotopic (exact) mass is 240 g/mol. The van der Waals surface area contributed by atoms with Gasteiger partial charge in [0.05, 0.1) is 11.9 Å². The van der Waals surface area contributed by atoms with Crippen LogP contribution in [0.2, 0.25) is 5.28 Å². The van der Waals surface area contributed by atoms with E-state index in [1.807, 2.05) is 11.4 Å². The molecule has 15 heavy (non-hydrogen) atoms. The van der Waals surface area contributed by atoms with Crippen molar-refractivity contribution in [3.63, 3.8) is 0 Å². The first-order chi connectivity index (χ1) is 7.25. The quantitative estimate of drug-likeness (QED) is 0.809. The normalized spacial score (nSPS) is 10.2. The Bertz CT molecular complexity index is 443. The van der Waals surface area contributed by atoms with E-state index in [1.165, 1.54) is 11.8 Å². The smallest absolute Gasteiger partial charge is 0.224 e. The van der Waals surface area contributed by atoms with Gasteiger partial charge >= 0.3 is 0 Å². The van der Waals surface area contributed by atoms with Gasteiger partial charge in [0.1, 0.15) is 0 Å². The van der Waals surface area contributed by atoms with Crippen LogP contribution in [0.4, 0.5) is 11.5 Å². The van der Waals surface area contributed by atoms with Crippen molar-refractivity contribution >= 4 is 34.4 Å². The molecule has 0 amide bonds. The molecule has 0 aromatic carbocycles. The number of nitrogen functional groups attached to an aromatic ring is 1. The molecule has 0 fully saturated rings. The van der Waals surface area contributed by atoms with Crippen molar-refractivity contribution in [1.29, 1.82) is 0 Å². The second-order valence-electron chi connectivity index (χ2n) is 2.93. The molecule has 0 aliphatic carbocycles. The lowest BCUT2D eigenvalue weighted by molar-refractivity contribution is 1.09. The maximum atomic E-state index is 5.69. The van der Waals surface area contributed by atoms with Crippen LogP contribution in [0.3, 0.4) is 0 Å². The van der Waals surface area contributed by atoms with Crippen LogP contribution < -0.4 is 11.1 Å². The molecule has 0 bridgehead atoms. The third-order valence-electron chi connectivity index (χ3n) is 1.83. The number of nitrogens with two attached hydrogens (primary N) is 1. The first kappa shape index (κ1) is 10.2. The fourth-order valence-corrected chi connectivity index (χ4v) is 1.89. The Labute approximate surface area is 96.1 Å². The lowest BCUT2D eigenvalue weighted by Gasteiger charge is -2.06. The molecule has 0 saturated carbocycles. The summed E-state index contributed by atoms with van der Waals surface area (Å²) in [6, 6.07) is 2.04. The Morgan fingerprint density at radius 2 is 2.40 bits per heavy atom. The van der Waals surface area contributed by atoms with Crippen molar-refractivity contribution in [3.8, 4) is 0 Å². The zero-order chi connectivity index (χ0) is 10.7. The number of aromatic nitrogens is 2. The number of halogens is 1. The minimum absolute atomic E-state index is 0.192. The summed E-state index contributed by atoms with van der Waals surface area (Å²) in [7, 11) is 0. The van der Waals surface area contributed by atoms with Crippen molar-refractivity contribution in [2.24, 2.45) is 0 Å². The number of hydrogen-bond donors (Lipinski definition) is 2. The minimum atomic E-state index is 0.192. The third kappa shape index (κ3) is 2.57. The van der Waals surface area contributed by atoms with E-state index in [-0.39, 0.29) is 5.28 Å². The van der Waals surface area contributed by atoms with Crippen LogP contribution in [0, 0.1) is 0 Å². The van der Waals surface area contributed by atoms with Gasteiger partial charge in [0.15, 0.2) is 5.82 Å². The maximum Gasteiger partial charge on any atom is 0.224 e. The van der Waals surface area contributed by atoms with E-state index in [0.29, 0.717) is 18.1 Å². The van der Waals surface area contributed by atoms with E-state index in [0.717, 1.165) is 0 Å². The molecule has 2 rings (SSSR count). The molecule has 4 nitrogen and oxygen atoms in total. The summed E-state index contributed by atoms with van der Waals surface area (Å²) in [6.45, 7) is 0.682. The molecule has 2 aromatic rings. The molecule has 3 N–H and O–H groups in total. The number of hydrogen-bond acceptors (Lipinski definition) is 5. The predicted molar refractivity (Wildman–Crippen MR) is 63.1 cm³/mol. The van der Waals surface area contributed by atoms with Crippen molar-refractivity contribution < 1.29 is 0 Å². The second-order valence-corrected chi connectivity index (χ2v) is 4.05. The van der Waals surface area contributed by atoms with Crippen LogP contribution in [0.1, 0.15) is 5.56 Å². The zero-order valence-electron chi connectivity index (χ0n) is 7.77. The molecule has 78 valence electrons. The molecule has 0 saturated heterocycles. The van der Waals surface area contributed by atoms with Gasteiger partial charge in [-0.2, -0.15) is 16.3 Å². The van der Waals surface area contributed by atoms with Crippen LogP contribution in [0.5, 0.6) is 0 Å². The molecule has 2 aromatic heterocycles. The number of thiophene rings is 1. The Morgan fingerprint density at radius 3 is 3.13 bits per heavy atom. The van der Waals surface area contributed by atoms with Gasteiger partial charge in [-0.05, 0) is 34.0 Å². The van der Waals surface area contributed by atoms with E-state index in [1.54, 1.807) is 11.3 Å². The van der Waals surface area contributed by atoms with Crippen LogP contribution in [0.15, 0.2) is 23.0 Å². The summed E-state index contributed by atoms with van der Waals surface area (Å²) in [6.07, 6.45) is 1.49. The molecule has 2 heterocycles. The van der Waals surface area contributed by atoms with Gasteiger partial charge in [-0.25, -0.2) is 4.98 Å². The highest BCUT2D eigenvalue weighted by Crippen LogP contribution is 2.17. The third-order valence-corrected chi connectivity index (χ3v) is 2.74. The Morgan fingerprint density at radius 1 is 1.53 bits per heavy atom. The summed E-state index contributed by atoms with van der Waals surface area (Å²) >= 11 is 7.31. The van der Waals surface area contributed by atoms with E-state index in [2.05, 4.69) is 20.7 Å². The minimum Gasteiger partial charge on any atom is -0.394 e. The number of nitrogens with zero attached hydrogens (tertiary/aromatic N) is 2. The van der Waals surface area contributed by atoms with Crippen LogP contribution >= 0.6 is 22.9 Å². The van der Waals surface area contributed by atoms with Gasteiger partial charge in [0.2, 0.25) is 5.28 Å². The zero-order valence-corrected chi connectivity index (χ0v) is 9.35. The lowest BCUT2D eigenvalue weighted by Crippen LogP contribution is -2.04. The Hall–Kier alpha value is -1.33. The van der Waals surface area contributed by atoms with E-state index < -0.39 is 0 Å². The van der Waals surface area contributed by atoms with E-state index in [9.17, 15) is 0 Å². The highest BCUT2D eigenvalue weighted by Gasteiger charge is 2.02. The molecule has 6 heteroatoms. The summed E-state index contributed by atoms with van der Waals surface area (Å²) in [5.41, 5.74) is 7.37. The SMILES string of the molecule is Nc1cnc(Cl)nc1NCc1ccsc1. The molecule has 0 atom stereocenters. The van der Waals surface area contributed by atoms with Gasteiger partial charge in [-0.3, -0.25) is 0 Å². The van der Waals surface area contributed by atoms with Crippen molar-refractivity contribution in [3.05, 3.63) is 33.9 Å². The largest absolute Gasteiger partial charge is 0.394 e. The fourth-order valence-electron chi connectivity index (χ4n) is 1.09. The highest BCUT2D eigenvalue weighted by atomic mass is 35.5. The second kappa shape index (κ2) is 4.46. The molecule has 0 unspecified atom stereocenters. The summed E-state index contributed by atoms with van der Waals surface area (Å²) in [5.74, 6) is 0.571. The summed E-state index contributed by atoms with van der Waals surface area (Å²) in [4.78, 5) is 7.77. The highest BCUT2D eigenvalue weighted by molar-refractivity contribution is 7.07. The van der Waals surface area contributed by atoms with Crippen molar-refractivity contribution in [2.45, 2.75) is 6.54 Å². The van der Waals surface area contributed by atoms with Crippen LogP contribution in [-0.4, -0.2) is 9.97 Å². The van der Waals surface area contributed by atoms with Gasteiger partial charge in [-0.1, -0.05) is 0 Å². The summed E-state index contributed by atoms with van der Waals surface area (Å²) < 4.78 is 0. The van der Waals surface area contributed by atoms with Crippen LogP contribution in [-0.2, 0) is 6.54 Å². The molecular formula is C9H9ClN4S. The standard InChI is InChI=1S/C9H9ClN4S/c10-9-13-4-7(11)8(14-9)12-3-6-1-2-15-5-6/h1-2,4-5H,3,11H2,(H,12,13,14). The lowest BCUT2D eigenvalue weighted by atomic mass is 10.3. The average molecular weight is 241 g/mol. The Balaban J connectivity index is 2.07. The van der Waals surface area contributed by atoms with Gasteiger partial charge in [0, 0.05) is 6.54 Å². The molecular weight excluding hydrogens is 232 g/mol. The van der Waals surface area contributed by atoms with E-state index in [4.69, 9.17) is 17.3 Å². The number of rotatable bonds is 3. The Kier molecular flexibility index (Phi) is 3.03. The first-order valence-electron chi connectivity index (χ1n) is 4.28. The molecule has 0 aliphatic rings. The topological polar surface area (TPSA) is 63.8 Å². The summed E-state index contributed by atoms with van der Waals surface area (Å²) in [5, 5.41) is 7.38. The molecule has 0 spiro atoms. The van der Waals surface area contributed by atoms with Crippen molar-refractivity contribution in [2.75, 3.05) is 11.1 Å². The fraction of sp³-hybridized carbons (Fsp3) is 0.111. The predicted octanol–water partition coefficient (Wildman–Crippen LogP) is 2.39. The average Bonchev–Trinajstić information content (AvgIpc) is 2.72. The molecule has 0 radical (unpaired) electrons. The molecule has 0 aliphatic heterocycles. The van der Waals surface area contributed by atoms with Gasteiger partial charge in [-0.15, -0.1) is 0 Å².